The van der Waals surface area contributed by atoms with Crippen LogP contribution in [0.25, 0.3) is 0 Å². The molecular formula is C12H16O4. The highest BCUT2D eigenvalue weighted by molar-refractivity contribution is 5.67. The first-order chi connectivity index (χ1) is 7.61. The van der Waals surface area contributed by atoms with Crippen LogP contribution in [0, 0.1) is 0 Å². The number of benzene rings is 1. The van der Waals surface area contributed by atoms with Gasteiger partial charge in [-0.25, -0.2) is 0 Å². The van der Waals surface area contributed by atoms with Crippen LogP contribution in [0.1, 0.15) is 18.4 Å². The molecule has 1 rings (SSSR count). The Balaban J connectivity index is 2.44. The Morgan fingerprint density at radius 1 is 1.50 bits per heavy atom. The van der Waals surface area contributed by atoms with Crippen LogP contribution in [-0.2, 0) is 11.2 Å². The fourth-order valence-corrected chi connectivity index (χ4v) is 1.46. The monoisotopic (exact) mass is 224 g/mol. The van der Waals surface area contributed by atoms with Gasteiger partial charge < -0.3 is 14.9 Å². The zero-order valence-electron chi connectivity index (χ0n) is 9.22. The van der Waals surface area contributed by atoms with E-state index < -0.39 is 12.1 Å². The van der Waals surface area contributed by atoms with Gasteiger partial charge in [0.25, 0.3) is 0 Å². The van der Waals surface area contributed by atoms with Gasteiger partial charge in [0.1, 0.15) is 5.75 Å². The second-order valence-corrected chi connectivity index (χ2v) is 3.64. The van der Waals surface area contributed by atoms with Gasteiger partial charge in [0, 0.05) is 0 Å². The number of methoxy groups -OCH3 is 1. The summed E-state index contributed by atoms with van der Waals surface area (Å²) < 4.78 is 5.07. The van der Waals surface area contributed by atoms with Crippen LogP contribution in [0.3, 0.4) is 0 Å². The Kier molecular flexibility index (Phi) is 4.79. The molecule has 0 saturated heterocycles. The van der Waals surface area contributed by atoms with Crippen molar-refractivity contribution in [3.05, 3.63) is 29.8 Å². The zero-order chi connectivity index (χ0) is 12.0. The Morgan fingerprint density at radius 2 is 2.25 bits per heavy atom. The summed E-state index contributed by atoms with van der Waals surface area (Å²) in [5.74, 6) is -0.205. The fourth-order valence-electron chi connectivity index (χ4n) is 1.46. The molecule has 1 aromatic carbocycles. The van der Waals surface area contributed by atoms with E-state index in [0.29, 0.717) is 12.8 Å². The fraction of sp³-hybridized carbons (Fsp3) is 0.417. The Morgan fingerprint density at radius 3 is 2.88 bits per heavy atom. The highest BCUT2D eigenvalue weighted by atomic mass is 16.5. The van der Waals surface area contributed by atoms with Crippen LogP contribution in [0.2, 0.25) is 0 Å². The molecule has 2 N–H and O–H groups in total. The molecule has 0 aliphatic rings. The predicted molar refractivity (Wildman–Crippen MR) is 59.6 cm³/mol. The molecule has 0 spiro atoms. The van der Waals surface area contributed by atoms with Gasteiger partial charge in [-0.1, -0.05) is 12.1 Å². The molecule has 4 heteroatoms. The lowest BCUT2D eigenvalue weighted by Gasteiger charge is -2.08. The number of aliphatic carboxylic acids is 1. The topological polar surface area (TPSA) is 66.8 Å². The number of hydrogen-bond donors (Lipinski definition) is 2. The van der Waals surface area contributed by atoms with E-state index in [2.05, 4.69) is 0 Å². The summed E-state index contributed by atoms with van der Waals surface area (Å²) in [7, 11) is 1.60. The Hall–Kier alpha value is -1.55. The van der Waals surface area contributed by atoms with E-state index in [1.807, 2.05) is 24.3 Å². The third-order valence-corrected chi connectivity index (χ3v) is 2.31. The van der Waals surface area contributed by atoms with E-state index in [4.69, 9.17) is 9.84 Å². The van der Waals surface area contributed by atoms with Crippen LogP contribution < -0.4 is 4.74 Å². The van der Waals surface area contributed by atoms with Crippen molar-refractivity contribution >= 4 is 5.97 Å². The summed E-state index contributed by atoms with van der Waals surface area (Å²) in [6.45, 7) is 0. The molecule has 0 fully saturated rings. The molecule has 16 heavy (non-hydrogen) atoms. The van der Waals surface area contributed by atoms with E-state index >= 15 is 0 Å². The number of carbonyl (C=O) groups is 1. The number of aliphatic hydroxyl groups is 1. The lowest BCUT2D eigenvalue weighted by molar-refractivity contribution is -0.139. The first kappa shape index (κ1) is 12.5. The summed E-state index contributed by atoms with van der Waals surface area (Å²) >= 11 is 0. The average molecular weight is 224 g/mol. The van der Waals surface area contributed by atoms with Gasteiger partial charge in [-0.3, -0.25) is 4.79 Å². The van der Waals surface area contributed by atoms with Crippen LogP contribution in [0.15, 0.2) is 24.3 Å². The lowest BCUT2D eigenvalue weighted by atomic mass is 10.0. The molecule has 0 aliphatic heterocycles. The van der Waals surface area contributed by atoms with Gasteiger partial charge in [0.2, 0.25) is 0 Å². The van der Waals surface area contributed by atoms with Crippen molar-refractivity contribution in [2.45, 2.75) is 25.4 Å². The van der Waals surface area contributed by atoms with Crippen molar-refractivity contribution in [1.82, 2.24) is 0 Å². The van der Waals surface area contributed by atoms with Crippen molar-refractivity contribution in [3.63, 3.8) is 0 Å². The molecule has 1 atom stereocenters. The van der Waals surface area contributed by atoms with Crippen LogP contribution in [0.4, 0.5) is 0 Å². The first-order valence-corrected chi connectivity index (χ1v) is 5.14. The summed E-state index contributed by atoms with van der Waals surface area (Å²) in [5.41, 5.74) is 1.03. The molecule has 1 aromatic rings. The number of aliphatic hydroxyl groups excluding tert-OH is 1. The smallest absolute Gasteiger partial charge is 0.305 e. The number of aryl methyl sites for hydroxylation is 1. The number of carboxylic acid groups (broad SMARTS) is 1. The van der Waals surface area contributed by atoms with Crippen LogP contribution in [0.5, 0.6) is 5.75 Å². The van der Waals surface area contributed by atoms with E-state index in [1.54, 1.807) is 7.11 Å². The largest absolute Gasteiger partial charge is 0.497 e. The Labute approximate surface area is 94.5 Å². The maximum absolute atomic E-state index is 10.3. The van der Waals surface area contributed by atoms with Crippen molar-refractivity contribution < 1.29 is 19.7 Å². The summed E-state index contributed by atoms with van der Waals surface area (Å²) in [6, 6.07) is 7.53. The molecule has 0 bridgehead atoms. The van der Waals surface area contributed by atoms with E-state index in [1.165, 1.54) is 0 Å². The second-order valence-electron chi connectivity index (χ2n) is 3.64. The normalized spacial score (nSPS) is 12.1. The molecule has 0 aliphatic carbocycles. The van der Waals surface area contributed by atoms with Crippen LogP contribution >= 0.6 is 0 Å². The van der Waals surface area contributed by atoms with Gasteiger partial charge in [0.15, 0.2) is 0 Å². The maximum Gasteiger partial charge on any atom is 0.305 e. The SMILES string of the molecule is COc1cccc(CCC(O)CC(=O)O)c1. The van der Waals surface area contributed by atoms with Crippen molar-refractivity contribution in [1.29, 1.82) is 0 Å². The third kappa shape index (κ3) is 4.31. The minimum absolute atomic E-state index is 0.204. The molecule has 1 unspecified atom stereocenters. The summed E-state index contributed by atoms with van der Waals surface area (Å²) in [5, 5.41) is 17.9. The number of carboxylic acids is 1. The van der Waals surface area contributed by atoms with Gasteiger partial charge in [0.05, 0.1) is 19.6 Å². The van der Waals surface area contributed by atoms with Gasteiger partial charge in [-0.05, 0) is 30.5 Å². The molecule has 0 radical (unpaired) electrons. The van der Waals surface area contributed by atoms with Gasteiger partial charge in [-0.15, -0.1) is 0 Å². The summed E-state index contributed by atoms with van der Waals surface area (Å²) in [6.07, 6.45) is 0.0958. The molecule has 0 aromatic heterocycles. The van der Waals surface area contributed by atoms with E-state index in [0.717, 1.165) is 11.3 Å². The first-order valence-electron chi connectivity index (χ1n) is 5.14. The number of ether oxygens (including phenoxy) is 1. The highest BCUT2D eigenvalue weighted by Gasteiger charge is 2.09. The minimum Gasteiger partial charge on any atom is -0.497 e. The maximum atomic E-state index is 10.3. The molecule has 4 nitrogen and oxygen atoms in total. The lowest BCUT2D eigenvalue weighted by Crippen LogP contribution is -2.13. The van der Waals surface area contributed by atoms with E-state index in [9.17, 15) is 9.90 Å². The van der Waals surface area contributed by atoms with Crippen molar-refractivity contribution in [3.8, 4) is 5.75 Å². The second kappa shape index (κ2) is 6.12. The zero-order valence-corrected chi connectivity index (χ0v) is 9.22. The summed E-state index contributed by atoms with van der Waals surface area (Å²) in [4.78, 5) is 10.3. The average Bonchev–Trinajstić information content (AvgIpc) is 2.26. The number of hydrogen-bond acceptors (Lipinski definition) is 3. The standard InChI is InChI=1S/C12H16O4/c1-16-11-4-2-3-9(7-11)5-6-10(13)8-12(14)15/h2-4,7,10,13H,5-6,8H2,1H3,(H,14,15). The highest BCUT2D eigenvalue weighted by Crippen LogP contribution is 2.15. The molecule has 0 amide bonds. The molecule has 88 valence electrons. The van der Waals surface area contributed by atoms with E-state index in [-0.39, 0.29) is 6.42 Å². The third-order valence-electron chi connectivity index (χ3n) is 2.31. The minimum atomic E-state index is -0.974. The van der Waals surface area contributed by atoms with Crippen molar-refractivity contribution in [2.75, 3.05) is 7.11 Å². The van der Waals surface area contributed by atoms with Crippen LogP contribution in [-0.4, -0.2) is 29.4 Å². The predicted octanol–water partition coefficient (Wildman–Crippen LogP) is 1.46. The molecule has 0 heterocycles. The Bertz CT molecular complexity index is 349. The van der Waals surface area contributed by atoms with Gasteiger partial charge in [-0.2, -0.15) is 0 Å². The van der Waals surface area contributed by atoms with Crippen molar-refractivity contribution in [2.24, 2.45) is 0 Å². The molecular weight excluding hydrogens is 208 g/mol. The quantitative estimate of drug-likeness (QED) is 0.767. The van der Waals surface area contributed by atoms with Gasteiger partial charge >= 0.3 is 5.97 Å². The number of rotatable bonds is 6. The molecule has 0 saturated carbocycles.